The molecular weight excluding hydrogens is 1520 g/mol. The van der Waals surface area contributed by atoms with Gasteiger partial charge in [0.05, 0.1) is 70.2 Å². The molecule has 0 aromatic heterocycles. The Kier molecular flexibility index (Phi) is 28.4. The number of nitrogens with zero attached hydrogens (tertiary/aromatic N) is 6. The van der Waals surface area contributed by atoms with Gasteiger partial charge in [-0.25, -0.2) is 19.2 Å². The first kappa shape index (κ1) is 87.9. The minimum Gasteiger partial charge on any atom is -0.444 e. The molecule has 26 nitrogen and oxygen atoms in total. The molecule has 6 aromatic rings. The van der Waals surface area contributed by atoms with E-state index in [2.05, 4.69) is 58.3 Å². The van der Waals surface area contributed by atoms with E-state index in [1.54, 1.807) is 90.1 Å². The Hall–Kier alpha value is -8.04. The molecule has 6 aliphatic heterocycles. The van der Waals surface area contributed by atoms with Crippen LogP contribution in [0.25, 0.3) is 0 Å². The van der Waals surface area contributed by atoms with Crippen molar-refractivity contribution in [3.05, 3.63) is 191 Å². The lowest BCUT2D eigenvalue weighted by Crippen LogP contribution is -2.49. The first-order valence-electron chi connectivity index (χ1n) is 37.6. The third kappa shape index (κ3) is 25.5. The van der Waals surface area contributed by atoms with Gasteiger partial charge in [0.25, 0.3) is 40.5 Å². The van der Waals surface area contributed by atoms with E-state index in [4.69, 9.17) is 35.7 Å². The predicted molar refractivity (Wildman–Crippen MR) is 422 cm³/mol. The average Bonchev–Trinajstić information content (AvgIpc) is 1.62. The van der Waals surface area contributed by atoms with Gasteiger partial charge in [0.1, 0.15) is 22.4 Å². The second-order valence-electron chi connectivity index (χ2n) is 33.3. The van der Waals surface area contributed by atoms with Crippen LogP contribution in [-0.4, -0.2) is 211 Å². The van der Waals surface area contributed by atoms with Crippen molar-refractivity contribution in [1.82, 2.24) is 29.4 Å². The smallest absolute Gasteiger partial charge is 0.410 e. The Morgan fingerprint density at radius 3 is 0.830 bits per heavy atom. The summed E-state index contributed by atoms with van der Waals surface area (Å²) in [5, 5.41) is 0. The molecule has 6 saturated heterocycles. The molecule has 0 radical (unpaired) electrons. The largest absolute Gasteiger partial charge is 0.444 e. The maximum absolute atomic E-state index is 12.8. The van der Waals surface area contributed by atoms with E-state index in [0.717, 1.165) is 74.4 Å². The fourth-order valence-electron chi connectivity index (χ4n) is 13.7. The molecular formula is C82H110N6O20S4. The normalized spacial score (nSPS) is 21.4. The standard InChI is InChI=1S/2C24H31NO8S2.2C17H24N2O2/c2*1-17-6-10-21(11-7-17)34(27,28)31-16-19-14-20(15-25(19)23(26)32-24(3,4)5)33-35(29,30)22-12-8-18(2)9-13-22;2*1-17(2,3)21-16(20)19-12-14-9-15(19)11-18(14)10-13-7-5-4-6-8-13/h2*6-13,19-20H,14-16H2,1-5H3;2*4-8,14-15H,9-12H2,1-3H3/t2*19-,20+;2*14-,15-/m1010/s1. The molecule has 0 N–H and O–H groups in total. The summed E-state index contributed by atoms with van der Waals surface area (Å²) in [7, 11) is -16.4. The Morgan fingerprint density at radius 1 is 0.321 bits per heavy atom. The van der Waals surface area contributed by atoms with Crippen LogP contribution in [0.3, 0.4) is 0 Å². The van der Waals surface area contributed by atoms with E-state index >= 15 is 0 Å². The number of fused-ring (bicyclic) bond motifs is 4. The number of likely N-dealkylation sites (tertiary alicyclic amines) is 6. The van der Waals surface area contributed by atoms with Crippen LogP contribution in [-0.2, 0) is 89.2 Å². The van der Waals surface area contributed by atoms with Crippen molar-refractivity contribution in [1.29, 1.82) is 0 Å². The molecule has 6 aromatic carbocycles. The van der Waals surface area contributed by atoms with Gasteiger partial charge in [0, 0.05) is 63.4 Å². The minimum absolute atomic E-state index is 0.00596. The summed E-state index contributed by atoms with van der Waals surface area (Å²) in [6, 6.07) is 45.8. The van der Waals surface area contributed by atoms with Crippen LogP contribution in [0.1, 0.15) is 142 Å². The molecule has 0 aliphatic carbocycles. The van der Waals surface area contributed by atoms with Crippen LogP contribution in [0, 0.1) is 27.7 Å². The zero-order valence-corrected chi connectivity index (χ0v) is 70.3. The van der Waals surface area contributed by atoms with Crippen molar-refractivity contribution in [3.63, 3.8) is 0 Å². The molecule has 0 saturated carbocycles. The highest BCUT2D eigenvalue weighted by Gasteiger charge is 2.49. The molecule has 112 heavy (non-hydrogen) atoms. The molecule has 612 valence electrons. The number of ether oxygens (including phenoxy) is 4. The lowest BCUT2D eigenvalue weighted by Gasteiger charge is -2.35. The molecule has 8 atom stereocenters. The van der Waals surface area contributed by atoms with Crippen LogP contribution >= 0.6 is 0 Å². The van der Waals surface area contributed by atoms with Gasteiger partial charge < -0.3 is 38.5 Å². The van der Waals surface area contributed by atoms with Crippen molar-refractivity contribution in [2.45, 2.75) is 240 Å². The molecule has 6 fully saturated rings. The summed E-state index contributed by atoms with van der Waals surface area (Å²) < 4.78 is 145. The van der Waals surface area contributed by atoms with E-state index in [0.29, 0.717) is 24.2 Å². The third-order valence-electron chi connectivity index (χ3n) is 19.0. The Bertz CT molecular complexity index is 4360. The second kappa shape index (κ2) is 36.2. The van der Waals surface area contributed by atoms with Gasteiger partial charge in [-0.2, -0.15) is 33.7 Å². The average molecular weight is 1630 g/mol. The van der Waals surface area contributed by atoms with E-state index < -0.39 is 99.4 Å². The fraction of sp³-hybridized carbons (Fsp3) is 0.512. The van der Waals surface area contributed by atoms with Crippen LogP contribution in [0.2, 0.25) is 0 Å². The Balaban J connectivity index is 0.000000176. The Labute approximate surface area is 662 Å². The minimum atomic E-state index is -4.10. The molecule has 30 heteroatoms. The van der Waals surface area contributed by atoms with E-state index in [1.807, 2.05) is 91.2 Å². The molecule has 4 amide bonds. The lowest BCUT2D eigenvalue weighted by molar-refractivity contribution is 0.0114. The van der Waals surface area contributed by atoms with Gasteiger partial charge in [-0.15, -0.1) is 0 Å². The maximum Gasteiger partial charge on any atom is 0.410 e. The number of hydrogen-bond acceptors (Lipinski definition) is 22. The van der Waals surface area contributed by atoms with Crippen molar-refractivity contribution in [2.75, 3.05) is 52.5 Å². The van der Waals surface area contributed by atoms with Crippen LogP contribution < -0.4 is 0 Å². The fourth-order valence-corrected chi connectivity index (χ4v) is 17.7. The van der Waals surface area contributed by atoms with Gasteiger partial charge in [0.15, 0.2) is 0 Å². The molecule has 4 bridgehead atoms. The zero-order chi connectivity index (χ0) is 82.1. The maximum atomic E-state index is 12.8. The molecule has 6 heterocycles. The van der Waals surface area contributed by atoms with E-state index in [-0.39, 0.29) is 70.9 Å². The predicted octanol–water partition coefficient (Wildman–Crippen LogP) is 13.3. The topological polar surface area (TPSA) is 298 Å². The molecule has 0 spiro atoms. The van der Waals surface area contributed by atoms with Crippen molar-refractivity contribution >= 4 is 64.8 Å². The third-order valence-corrected chi connectivity index (χ3v) is 24.4. The highest BCUT2D eigenvalue weighted by atomic mass is 32.2. The lowest BCUT2D eigenvalue weighted by atomic mass is 10.2. The number of hydrogen-bond donors (Lipinski definition) is 0. The van der Waals surface area contributed by atoms with E-state index in [9.17, 15) is 52.8 Å². The number of amides is 4. The monoisotopic (exact) mass is 1630 g/mol. The highest BCUT2D eigenvalue weighted by Crippen LogP contribution is 2.36. The number of carbonyl (C=O) groups excluding carboxylic acids is 4. The molecule has 6 aliphatic rings. The summed E-state index contributed by atoms with van der Waals surface area (Å²) in [5.41, 5.74) is 3.83. The van der Waals surface area contributed by atoms with Crippen LogP contribution in [0.15, 0.2) is 177 Å². The van der Waals surface area contributed by atoms with Gasteiger partial charge >= 0.3 is 24.4 Å². The zero-order valence-electron chi connectivity index (χ0n) is 67.0. The summed E-state index contributed by atoms with van der Waals surface area (Å²) >= 11 is 0. The second-order valence-corrected chi connectivity index (χ2v) is 39.7. The van der Waals surface area contributed by atoms with Crippen molar-refractivity contribution in [3.8, 4) is 0 Å². The summed E-state index contributed by atoms with van der Waals surface area (Å²) in [6.45, 7) is 33.5. The van der Waals surface area contributed by atoms with Gasteiger partial charge in [-0.05, 0) is 196 Å². The number of aryl methyl sites for hydroxylation is 4. The summed E-state index contributed by atoms with van der Waals surface area (Å²) in [5.74, 6) is 0. The molecule has 0 unspecified atom stereocenters. The molecule has 12 rings (SSSR count). The van der Waals surface area contributed by atoms with Crippen LogP contribution in [0.5, 0.6) is 0 Å². The number of benzene rings is 6. The Morgan fingerprint density at radius 2 is 0.580 bits per heavy atom. The summed E-state index contributed by atoms with van der Waals surface area (Å²) in [6.07, 6.45) is -1.28. The van der Waals surface area contributed by atoms with Gasteiger partial charge in [0.2, 0.25) is 0 Å². The first-order chi connectivity index (χ1) is 52.2. The van der Waals surface area contributed by atoms with Crippen molar-refractivity contribution < 1.29 is 88.5 Å². The first-order valence-corrected chi connectivity index (χ1v) is 43.3. The number of piperazine rings is 2. The number of carbonyl (C=O) groups is 4. The SMILES string of the molecule is CC(C)(C)OC(=O)N1C[C@@H]2C[C@H]1CN2Cc1ccccc1.CC(C)(C)OC(=O)N1C[C@H]2C[C@@H]1CN2Cc1ccccc1.Cc1ccc(S(=O)(=O)OC[C@@H]2C[C@@H](OS(=O)(=O)c3ccc(C)cc3)CN2C(=O)OC(C)(C)C)cc1.Cc1ccc(S(=O)(=O)OC[C@H]2C[C@H](OS(=O)(=O)c3ccc(C)cc3)CN2C(=O)OC(C)(C)C)cc1. The highest BCUT2D eigenvalue weighted by molar-refractivity contribution is 7.87. The van der Waals surface area contributed by atoms with Crippen LogP contribution in [0.4, 0.5) is 19.2 Å². The van der Waals surface area contributed by atoms with Gasteiger partial charge in [-0.1, -0.05) is 131 Å². The quantitative estimate of drug-likeness (QED) is 0.0570. The van der Waals surface area contributed by atoms with Gasteiger partial charge in [-0.3, -0.25) is 26.5 Å². The van der Waals surface area contributed by atoms with Crippen molar-refractivity contribution in [2.24, 2.45) is 0 Å². The van der Waals surface area contributed by atoms with E-state index in [1.165, 1.54) is 69.5 Å². The number of rotatable bonds is 18. The summed E-state index contributed by atoms with van der Waals surface area (Å²) in [4.78, 5) is 61.3.